The zero-order valence-electron chi connectivity index (χ0n) is 43.1. The number of ether oxygens (including phenoxy) is 5. The molecule has 376 valence electrons. The summed E-state index contributed by atoms with van der Waals surface area (Å²) in [6.45, 7) is 27.1. The first-order valence-corrected chi connectivity index (χ1v) is 26.5. The molecule has 0 heterocycles. The molecule has 2 rings (SSSR count). The molecule has 0 amide bonds. The van der Waals surface area contributed by atoms with Crippen LogP contribution in [0, 0.1) is 39.9 Å². The predicted octanol–water partition coefficient (Wildman–Crippen LogP) is 12.3. The number of unbranched alkanes of at least 4 members (excludes halogenated alkanes) is 10. The second kappa shape index (κ2) is 34.0. The number of carbonyl (C=O) groups is 5. The number of hydrogen-bond acceptors (Lipinski definition) is 12. The normalized spacial score (nSPS) is 20.3. The number of fused-ring (bicyclic) bond motifs is 2. The summed E-state index contributed by atoms with van der Waals surface area (Å²) < 4.78 is 26.2. The minimum atomic E-state index is -1.05. The molecule has 12 heteroatoms. The lowest BCUT2D eigenvalue weighted by Gasteiger charge is -2.38. The molecule has 0 radical (unpaired) electrons. The van der Waals surface area contributed by atoms with Crippen molar-refractivity contribution in [1.29, 1.82) is 0 Å². The zero-order valence-corrected chi connectivity index (χ0v) is 43.9. The summed E-state index contributed by atoms with van der Waals surface area (Å²) in [4.78, 5) is 58.6. The fourth-order valence-corrected chi connectivity index (χ4v) is 8.53. The molecule has 2 bridgehead atoms. The van der Waals surface area contributed by atoms with Crippen molar-refractivity contribution < 1.29 is 52.8 Å². The highest BCUT2D eigenvalue weighted by atomic mass is 32.2. The Morgan fingerprint density at radius 1 is 0.672 bits per heavy atom. The van der Waals surface area contributed by atoms with Crippen LogP contribution in [0.1, 0.15) is 212 Å². The van der Waals surface area contributed by atoms with Gasteiger partial charge < -0.3 is 28.8 Å². The van der Waals surface area contributed by atoms with Crippen LogP contribution >= 0.6 is 11.8 Å². The Balaban J connectivity index is 0.000000966. The summed E-state index contributed by atoms with van der Waals surface area (Å²) >= 11 is 1.48. The highest BCUT2D eigenvalue weighted by molar-refractivity contribution is 7.99. The molecule has 0 spiro atoms. The minimum Gasteiger partial charge on any atom is -0.465 e. The first kappa shape index (κ1) is 61.7. The highest BCUT2D eigenvalue weighted by Crippen LogP contribution is 2.66. The standard InChI is InChI=1S/C20H36O7S.C17H34O2.C15H26O2/c1-6-8-10-25-18(23)15(3)14-28-11-9-17(22)26-12-16(21)13-27-19(24)20(4,5)7-2;1-4-6-7-8-9-10-11-12-13-14-15-19-17(18)16(3)5-2;1-6-10(2)13(16)17-12-9-11-7-8-15(12,5)14(11,3)4/h15-16,21H,6-14H2,1-5H3;16H,4-15H2,1-3H3;10-12H,6-9H2,1-5H3. The van der Waals surface area contributed by atoms with Crippen LogP contribution in [0.5, 0.6) is 0 Å². The van der Waals surface area contributed by atoms with E-state index >= 15 is 0 Å². The topological polar surface area (TPSA) is 152 Å². The van der Waals surface area contributed by atoms with Gasteiger partial charge in [0.05, 0.1) is 42.8 Å². The van der Waals surface area contributed by atoms with E-state index in [9.17, 15) is 29.1 Å². The molecule has 1 N–H and O–H groups in total. The monoisotopic (exact) mass is 929 g/mol. The lowest BCUT2D eigenvalue weighted by atomic mass is 9.70. The van der Waals surface area contributed by atoms with Crippen LogP contribution < -0.4 is 0 Å². The molecule has 11 nitrogen and oxygen atoms in total. The summed E-state index contributed by atoms with van der Waals surface area (Å²) in [5, 5.41) is 9.77. The Kier molecular flexibility index (Phi) is 32.8. The zero-order chi connectivity index (χ0) is 48.8. The largest absolute Gasteiger partial charge is 0.465 e. The molecule has 7 atom stereocenters. The number of aliphatic hydroxyl groups excluding tert-OH is 1. The summed E-state index contributed by atoms with van der Waals surface area (Å²) in [5.41, 5.74) is -0.0820. The number of carbonyl (C=O) groups excluding carboxylic acids is 5. The molecule has 2 aliphatic rings. The number of thioether (sulfide) groups is 1. The predicted molar refractivity (Wildman–Crippen MR) is 260 cm³/mol. The molecule has 0 aromatic carbocycles. The molecule has 2 saturated carbocycles. The van der Waals surface area contributed by atoms with Gasteiger partial charge in [-0.3, -0.25) is 24.0 Å². The third-order valence-electron chi connectivity index (χ3n) is 14.0. The van der Waals surface area contributed by atoms with E-state index < -0.39 is 17.5 Å². The van der Waals surface area contributed by atoms with Crippen LogP contribution in [0.15, 0.2) is 0 Å². The van der Waals surface area contributed by atoms with Gasteiger partial charge in [0.2, 0.25) is 0 Å². The molecule has 0 aromatic rings. The van der Waals surface area contributed by atoms with Crippen LogP contribution in [-0.2, 0) is 47.7 Å². The average molecular weight is 929 g/mol. The van der Waals surface area contributed by atoms with Crippen molar-refractivity contribution in [2.75, 3.05) is 37.9 Å². The molecule has 0 aliphatic heterocycles. The SMILES string of the molecule is CCC(C)C(=O)OC1CC2CCC1(C)C2(C)C.CCCCCCCCCCCCOC(=O)C(C)CC.CCCCOC(=O)C(C)CSCCC(=O)OCC(O)COC(=O)C(C)(C)CC. The third-order valence-corrected chi connectivity index (χ3v) is 15.2. The molecule has 2 fully saturated rings. The summed E-state index contributed by atoms with van der Waals surface area (Å²) in [7, 11) is 0. The smallest absolute Gasteiger partial charge is 0.311 e. The minimum absolute atomic E-state index is 0.00192. The molecule has 0 aromatic heterocycles. The second-order valence-electron chi connectivity index (χ2n) is 19.9. The van der Waals surface area contributed by atoms with E-state index in [0.29, 0.717) is 36.6 Å². The van der Waals surface area contributed by atoms with Gasteiger partial charge in [0.15, 0.2) is 0 Å². The Morgan fingerprint density at radius 3 is 1.67 bits per heavy atom. The maximum atomic E-state index is 11.9. The number of esters is 5. The van der Waals surface area contributed by atoms with E-state index in [-0.39, 0.29) is 72.8 Å². The van der Waals surface area contributed by atoms with E-state index in [0.717, 1.165) is 44.4 Å². The first-order valence-electron chi connectivity index (χ1n) is 25.3. The van der Waals surface area contributed by atoms with Crippen LogP contribution in [0.4, 0.5) is 0 Å². The van der Waals surface area contributed by atoms with Gasteiger partial charge in [-0.1, -0.05) is 140 Å². The Morgan fingerprint density at radius 2 is 1.17 bits per heavy atom. The molecular formula is C52H96O11S. The second-order valence-corrected chi connectivity index (χ2v) is 21.1. The fourth-order valence-electron chi connectivity index (χ4n) is 7.57. The van der Waals surface area contributed by atoms with Crippen molar-refractivity contribution in [1.82, 2.24) is 0 Å². The molecule has 64 heavy (non-hydrogen) atoms. The molecular weight excluding hydrogens is 833 g/mol. The summed E-state index contributed by atoms with van der Waals surface area (Å²) in [6.07, 6.45) is 20.2. The lowest BCUT2D eigenvalue weighted by molar-refractivity contribution is -0.161. The van der Waals surface area contributed by atoms with Gasteiger partial charge in [0, 0.05) is 16.9 Å². The van der Waals surface area contributed by atoms with Crippen molar-refractivity contribution in [2.45, 2.75) is 224 Å². The molecule has 0 saturated heterocycles. The van der Waals surface area contributed by atoms with Gasteiger partial charge >= 0.3 is 29.8 Å². The lowest BCUT2D eigenvalue weighted by Crippen LogP contribution is -2.39. The van der Waals surface area contributed by atoms with E-state index in [1.807, 2.05) is 41.5 Å². The Hall–Kier alpha value is -2.34. The number of rotatable bonds is 31. The van der Waals surface area contributed by atoms with Gasteiger partial charge in [0.25, 0.3) is 0 Å². The van der Waals surface area contributed by atoms with Gasteiger partial charge in [0.1, 0.15) is 25.4 Å². The van der Waals surface area contributed by atoms with Crippen LogP contribution in [0.3, 0.4) is 0 Å². The van der Waals surface area contributed by atoms with E-state index in [2.05, 4.69) is 27.7 Å². The van der Waals surface area contributed by atoms with Gasteiger partial charge in [-0.15, -0.1) is 0 Å². The molecule has 2 aliphatic carbocycles. The fraction of sp³-hybridized carbons (Fsp3) is 0.904. The molecule has 7 unspecified atom stereocenters. The average Bonchev–Trinajstić information content (AvgIpc) is 3.61. The maximum Gasteiger partial charge on any atom is 0.311 e. The van der Waals surface area contributed by atoms with Gasteiger partial charge in [-0.2, -0.15) is 11.8 Å². The van der Waals surface area contributed by atoms with Gasteiger partial charge in [-0.25, -0.2) is 0 Å². The van der Waals surface area contributed by atoms with Crippen molar-refractivity contribution in [3.05, 3.63) is 0 Å². The Labute approximate surface area is 395 Å². The number of aliphatic hydroxyl groups is 1. The van der Waals surface area contributed by atoms with Crippen LogP contribution in [0.2, 0.25) is 0 Å². The first-order chi connectivity index (χ1) is 30.2. The quantitative estimate of drug-likeness (QED) is 0.0400. The van der Waals surface area contributed by atoms with E-state index in [1.165, 1.54) is 82.4 Å². The van der Waals surface area contributed by atoms with Crippen molar-refractivity contribution in [2.24, 2.45) is 39.9 Å². The van der Waals surface area contributed by atoms with Crippen molar-refractivity contribution >= 4 is 41.6 Å². The Bertz CT molecular complexity index is 1300. The summed E-state index contributed by atoms with van der Waals surface area (Å²) in [6, 6.07) is 0. The van der Waals surface area contributed by atoms with Crippen LogP contribution in [-0.4, -0.2) is 85.1 Å². The highest BCUT2D eigenvalue weighted by Gasteiger charge is 2.63. The van der Waals surface area contributed by atoms with Crippen molar-refractivity contribution in [3.63, 3.8) is 0 Å². The van der Waals surface area contributed by atoms with Crippen molar-refractivity contribution in [3.8, 4) is 0 Å². The number of hydrogen-bond donors (Lipinski definition) is 1. The van der Waals surface area contributed by atoms with Crippen LogP contribution in [0.25, 0.3) is 0 Å². The third kappa shape index (κ3) is 23.9. The maximum absolute atomic E-state index is 11.9. The summed E-state index contributed by atoms with van der Waals surface area (Å²) in [5.74, 6) is 0.635. The van der Waals surface area contributed by atoms with E-state index in [1.54, 1.807) is 20.8 Å². The van der Waals surface area contributed by atoms with Gasteiger partial charge in [-0.05, 0) is 76.5 Å². The van der Waals surface area contributed by atoms with E-state index in [4.69, 9.17) is 23.7 Å².